The Balaban J connectivity index is 2.13. The van der Waals surface area contributed by atoms with Crippen LogP contribution in [0.4, 0.5) is 0 Å². The highest BCUT2D eigenvalue weighted by atomic mass is 32.2. The third kappa shape index (κ3) is 5.07. The lowest BCUT2D eigenvalue weighted by atomic mass is 9.96. The minimum absolute atomic E-state index is 0.00842. The molecule has 8 heteroatoms. The second kappa shape index (κ2) is 8.84. The first kappa shape index (κ1) is 21.4. The topological polar surface area (TPSA) is 104 Å². The van der Waals surface area contributed by atoms with Crippen molar-refractivity contribution in [1.82, 2.24) is 9.62 Å². The molecule has 1 fully saturated rings. The summed E-state index contributed by atoms with van der Waals surface area (Å²) in [6.45, 7) is 3.41. The average molecular weight is 397 g/mol. The van der Waals surface area contributed by atoms with Crippen molar-refractivity contribution in [3.05, 3.63) is 29.8 Å². The summed E-state index contributed by atoms with van der Waals surface area (Å²) in [6, 6.07) is 4.63. The van der Waals surface area contributed by atoms with Crippen molar-refractivity contribution in [2.75, 3.05) is 7.05 Å². The summed E-state index contributed by atoms with van der Waals surface area (Å²) in [5.41, 5.74) is 0.223. The van der Waals surface area contributed by atoms with Gasteiger partial charge in [-0.05, 0) is 43.0 Å². The quantitative estimate of drug-likeness (QED) is 0.737. The first-order valence-corrected chi connectivity index (χ1v) is 10.7. The Morgan fingerprint density at radius 1 is 1.11 bits per heavy atom. The molecule has 0 spiro atoms. The lowest BCUT2D eigenvalue weighted by Gasteiger charge is -2.30. The minimum Gasteiger partial charge on any atom is -0.480 e. The van der Waals surface area contributed by atoms with Gasteiger partial charge in [0.1, 0.15) is 6.04 Å². The molecule has 0 aliphatic heterocycles. The molecule has 1 saturated carbocycles. The van der Waals surface area contributed by atoms with Crippen LogP contribution in [0.2, 0.25) is 0 Å². The van der Waals surface area contributed by atoms with Crippen molar-refractivity contribution in [1.29, 1.82) is 0 Å². The number of carboxylic acid groups (broad SMARTS) is 1. The molecule has 0 bridgehead atoms. The lowest BCUT2D eigenvalue weighted by Crippen LogP contribution is -2.44. The number of carbonyl (C=O) groups is 2. The molecule has 1 amide bonds. The lowest BCUT2D eigenvalue weighted by molar-refractivity contribution is -0.140. The second-order valence-corrected chi connectivity index (χ2v) is 9.37. The van der Waals surface area contributed by atoms with Crippen molar-refractivity contribution >= 4 is 21.9 Å². The fraction of sp³-hybridized carbons (Fsp3) is 0.579. The highest BCUT2D eigenvalue weighted by Gasteiger charge is 2.29. The zero-order valence-corrected chi connectivity index (χ0v) is 16.8. The first-order valence-electron chi connectivity index (χ1n) is 9.26. The number of carboxylic acids is 1. The van der Waals surface area contributed by atoms with Crippen LogP contribution in [0.25, 0.3) is 0 Å². The standard InChI is InChI=1S/C19H28N2O5S/c1-13(2)17(19(23)24)20-18(22)14-9-11-16(12-10-14)27(25,26)21(3)15-7-5-4-6-8-15/h9-13,15,17H,4-8H2,1-3H3,(H,20,22)(H,23,24). The van der Waals surface area contributed by atoms with Crippen LogP contribution in [0.5, 0.6) is 0 Å². The summed E-state index contributed by atoms with van der Waals surface area (Å²) >= 11 is 0. The Kier molecular flexibility index (Phi) is 7.00. The Bertz CT molecular complexity index is 768. The van der Waals surface area contributed by atoms with Gasteiger partial charge < -0.3 is 10.4 Å². The van der Waals surface area contributed by atoms with E-state index in [0.717, 1.165) is 32.1 Å². The number of sulfonamides is 1. The third-order valence-electron chi connectivity index (χ3n) is 5.10. The molecule has 0 radical (unpaired) electrons. The van der Waals surface area contributed by atoms with Gasteiger partial charge in [-0.3, -0.25) is 4.79 Å². The maximum Gasteiger partial charge on any atom is 0.326 e. The molecule has 1 aliphatic carbocycles. The summed E-state index contributed by atoms with van der Waals surface area (Å²) in [4.78, 5) is 23.6. The Hall–Kier alpha value is -1.93. The van der Waals surface area contributed by atoms with Crippen LogP contribution in [0.1, 0.15) is 56.3 Å². The van der Waals surface area contributed by atoms with E-state index < -0.39 is 27.9 Å². The van der Waals surface area contributed by atoms with Crippen molar-refractivity contribution in [2.24, 2.45) is 5.92 Å². The van der Waals surface area contributed by atoms with E-state index in [4.69, 9.17) is 0 Å². The van der Waals surface area contributed by atoms with Gasteiger partial charge in [-0.25, -0.2) is 13.2 Å². The minimum atomic E-state index is -3.62. The van der Waals surface area contributed by atoms with E-state index >= 15 is 0 Å². The van der Waals surface area contributed by atoms with E-state index in [1.54, 1.807) is 20.9 Å². The van der Waals surface area contributed by atoms with Crippen molar-refractivity contribution in [3.63, 3.8) is 0 Å². The number of nitrogens with zero attached hydrogens (tertiary/aromatic N) is 1. The van der Waals surface area contributed by atoms with Crippen LogP contribution in [0, 0.1) is 5.92 Å². The van der Waals surface area contributed by atoms with Gasteiger partial charge in [-0.15, -0.1) is 0 Å². The van der Waals surface area contributed by atoms with Gasteiger partial charge in [-0.1, -0.05) is 33.1 Å². The number of nitrogens with one attached hydrogen (secondary N) is 1. The molecular formula is C19H28N2O5S. The summed E-state index contributed by atoms with van der Waals surface area (Å²) in [5, 5.41) is 11.6. The van der Waals surface area contributed by atoms with Gasteiger partial charge in [0.15, 0.2) is 0 Å². The largest absolute Gasteiger partial charge is 0.480 e. The van der Waals surface area contributed by atoms with Crippen molar-refractivity contribution in [2.45, 2.75) is 62.9 Å². The SMILES string of the molecule is CC(C)C(NC(=O)c1ccc(S(=O)(=O)N(C)C2CCCCC2)cc1)C(=O)O. The number of amides is 1. The highest BCUT2D eigenvalue weighted by Crippen LogP contribution is 2.26. The highest BCUT2D eigenvalue weighted by molar-refractivity contribution is 7.89. The Morgan fingerprint density at radius 2 is 1.67 bits per heavy atom. The second-order valence-electron chi connectivity index (χ2n) is 7.37. The fourth-order valence-electron chi connectivity index (χ4n) is 3.32. The summed E-state index contributed by atoms with van der Waals surface area (Å²) in [7, 11) is -2.02. The molecule has 1 aliphatic rings. The zero-order chi connectivity index (χ0) is 20.2. The average Bonchev–Trinajstić information content (AvgIpc) is 2.65. The van der Waals surface area contributed by atoms with E-state index in [0.29, 0.717) is 0 Å². The molecule has 1 aromatic rings. The molecule has 1 unspecified atom stereocenters. The maximum atomic E-state index is 12.8. The van der Waals surface area contributed by atoms with Gasteiger partial charge in [0.25, 0.3) is 5.91 Å². The Morgan fingerprint density at radius 3 is 2.15 bits per heavy atom. The number of carbonyl (C=O) groups excluding carboxylic acids is 1. The molecule has 0 aromatic heterocycles. The zero-order valence-electron chi connectivity index (χ0n) is 16.0. The molecular weight excluding hydrogens is 368 g/mol. The molecule has 2 rings (SSSR count). The summed E-state index contributed by atoms with van der Waals surface area (Å²) in [6.07, 6.45) is 4.93. The molecule has 2 N–H and O–H groups in total. The number of benzene rings is 1. The van der Waals surface area contributed by atoms with Gasteiger partial charge in [0.2, 0.25) is 10.0 Å². The predicted molar refractivity (Wildman–Crippen MR) is 102 cm³/mol. The van der Waals surface area contributed by atoms with E-state index in [1.807, 2.05) is 0 Å². The fourth-order valence-corrected chi connectivity index (χ4v) is 4.74. The van der Waals surface area contributed by atoms with Gasteiger partial charge >= 0.3 is 5.97 Å². The summed E-state index contributed by atoms with van der Waals surface area (Å²) in [5.74, 6) is -1.91. The van der Waals surface area contributed by atoms with Gasteiger partial charge in [0, 0.05) is 18.7 Å². The number of rotatable bonds is 7. The van der Waals surface area contributed by atoms with E-state index in [2.05, 4.69) is 5.32 Å². The van der Waals surface area contributed by atoms with Crippen molar-refractivity contribution < 1.29 is 23.1 Å². The molecule has 7 nitrogen and oxygen atoms in total. The summed E-state index contributed by atoms with van der Waals surface area (Å²) < 4.78 is 27.1. The normalized spacial score (nSPS) is 17.1. The first-order chi connectivity index (χ1) is 12.6. The molecule has 0 saturated heterocycles. The monoisotopic (exact) mass is 396 g/mol. The van der Waals surface area contributed by atoms with Crippen molar-refractivity contribution in [3.8, 4) is 0 Å². The van der Waals surface area contributed by atoms with E-state index in [-0.39, 0.29) is 22.4 Å². The number of aliphatic carboxylic acids is 1. The van der Waals surface area contributed by atoms with Crippen LogP contribution in [-0.4, -0.2) is 48.8 Å². The number of hydrogen-bond acceptors (Lipinski definition) is 4. The number of hydrogen-bond donors (Lipinski definition) is 2. The van der Waals surface area contributed by atoms with Crippen LogP contribution < -0.4 is 5.32 Å². The van der Waals surface area contributed by atoms with Gasteiger partial charge in [0.05, 0.1) is 4.90 Å². The molecule has 0 heterocycles. The molecule has 1 aromatic carbocycles. The third-order valence-corrected chi connectivity index (χ3v) is 7.03. The maximum absolute atomic E-state index is 12.8. The molecule has 1 atom stereocenters. The molecule has 27 heavy (non-hydrogen) atoms. The smallest absolute Gasteiger partial charge is 0.326 e. The molecule has 150 valence electrons. The van der Waals surface area contributed by atoms with Crippen LogP contribution in [0.15, 0.2) is 29.2 Å². The van der Waals surface area contributed by atoms with E-state index in [1.165, 1.54) is 28.6 Å². The van der Waals surface area contributed by atoms with Gasteiger partial charge in [-0.2, -0.15) is 4.31 Å². The van der Waals surface area contributed by atoms with E-state index in [9.17, 15) is 23.1 Å². The predicted octanol–water partition coefficient (Wildman–Crippen LogP) is 2.48. The van der Waals surface area contributed by atoms with Crippen LogP contribution in [-0.2, 0) is 14.8 Å². The Labute approximate surface area is 160 Å². The van der Waals surface area contributed by atoms with Crippen LogP contribution >= 0.6 is 0 Å². The van der Waals surface area contributed by atoms with Crippen LogP contribution in [0.3, 0.4) is 0 Å².